The topological polar surface area (TPSA) is 38.9 Å². The molecule has 0 atom stereocenters. The fourth-order valence-electron chi connectivity index (χ4n) is 1.29. The van der Waals surface area contributed by atoms with Crippen LogP contribution in [-0.2, 0) is 0 Å². The zero-order valence-corrected chi connectivity index (χ0v) is 7.17. The van der Waals surface area contributed by atoms with Crippen molar-refractivity contribution in [1.29, 1.82) is 0 Å². The van der Waals surface area contributed by atoms with Crippen molar-refractivity contribution in [2.45, 2.75) is 18.8 Å². The first-order valence-corrected chi connectivity index (χ1v) is 4.25. The summed E-state index contributed by atoms with van der Waals surface area (Å²) >= 11 is 0. The number of rotatable bonds is 1. The van der Waals surface area contributed by atoms with E-state index in [0.717, 1.165) is 5.19 Å². The van der Waals surface area contributed by atoms with E-state index in [1.165, 1.54) is 18.4 Å². The molecule has 3 heteroatoms. The molecule has 2 rings (SSSR count). The minimum absolute atomic E-state index is 0.663. The molecule has 0 aromatic carbocycles. The van der Waals surface area contributed by atoms with Gasteiger partial charge >= 0.3 is 0 Å². The van der Waals surface area contributed by atoms with Crippen molar-refractivity contribution in [2.24, 2.45) is 0 Å². The molecule has 0 unspecified atom stereocenters. The van der Waals surface area contributed by atoms with Gasteiger partial charge in [0.05, 0.1) is 10.2 Å². The molecule has 0 spiro atoms. The predicted molar refractivity (Wildman–Crippen MR) is 46.0 cm³/mol. The number of nitrogens with zero attached hydrogens (tertiary/aromatic N) is 1. The van der Waals surface area contributed by atoms with Crippen molar-refractivity contribution in [3.05, 3.63) is 17.8 Å². The normalized spacial score (nSPS) is 16.8. The Kier molecular flexibility index (Phi) is 1.46. The smallest absolute Gasteiger partial charge is 0.126 e. The molecule has 0 aliphatic heterocycles. The minimum Gasteiger partial charge on any atom is -0.383 e. The summed E-state index contributed by atoms with van der Waals surface area (Å²) in [6.45, 7) is 0. The molecular formula is C8H9N2Si. The Morgan fingerprint density at radius 3 is 2.82 bits per heavy atom. The second-order valence-electron chi connectivity index (χ2n) is 2.93. The monoisotopic (exact) mass is 161 g/mol. The fraction of sp³-hybridized carbons (Fsp3) is 0.375. The molecule has 2 nitrogen and oxygen atoms in total. The largest absolute Gasteiger partial charge is 0.383 e. The minimum atomic E-state index is 0.663. The summed E-state index contributed by atoms with van der Waals surface area (Å²) in [5.74, 6) is 1.34. The third-order valence-electron chi connectivity index (χ3n) is 2.01. The molecule has 1 aliphatic rings. The molecule has 1 fully saturated rings. The summed E-state index contributed by atoms with van der Waals surface area (Å²) in [7, 11) is 3.52. The van der Waals surface area contributed by atoms with Crippen molar-refractivity contribution in [1.82, 2.24) is 4.98 Å². The molecule has 0 amide bonds. The molecule has 1 heterocycles. The van der Waals surface area contributed by atoms with Crippen molar-refractivity contribution >= 4 is 21.2 Å². The van der Waals surface area contributed by atoms with Gasteiger partial charge in [-0.05, 0) is 30.4 Å². The van der Waals surface area contributed by atoms with Crippen LogP contribution >= 0.6 is 0 Å². The molecule has 55 valence electrons. The van der Waals surface area contributed by atoms with E-state index in [2.05, 4.69) is 15.2 Å². The van der Waals surface area contributed by atoms with Gasteiger partial charge in [-0.2, -0.15) is 0 Å². The van der Waals surface area contributed by atoms with Crippen LogP contribution in [0.4, 0.5) is 5.82 Å². The summed E-state index contributed by atoms with van der Waals surface area (Å²) in [5.41, 5.74) is 6.92. The van der Waals surface area contributed by atoms with Crippen LogP contribution < -0.4 is 10.9 Å². The lowest BCUT2D eigenvalue weighted by Gasteiger charge is -2.05. The third-order valence-corrected chi connectivity index (χ3v) is 2.44. The van der Waals surface area contributed by atoms with Gasteiger partial charge in [-0.1, -0.05) is 5.19 Å². The van der Waals surface area contributed by atoms with Crippen LogP contribution in [-0.4, -0.2) is 15.2 Å². The maximum atomic E-state index is 5.72. The molecule has 1 aliphatic carbocycles. The average molecular weight is 161 g/mol. The van der Waals surface area contributed by atoms with Crippen LogP contribution in [0.5, 0.6) is 0 Å². The van der Waals surface area contributed by atoms with E-state index in [1.807, 2.05) is 6.07 Å². The maximum Gasteiger partial charge on any atom is 0.126 e. The van der Waals surface area contributed by atoms with Crippen LogP contribution in [0.3, 0.4) is 0 Å². The second-order valence-corrected chi connectivity index (χ2v) is 3.47. The first-order chi connectivity index (χ1) is 5.29. The van der Waals surface area contributed by atoms with Crippen molar-refractivity contribution in [3.8, 4) is 0 Å². The van der Waals surface area contributed by atoms with Crippen LogP contribution in [0.15, 0.2) is 12.3 Å². The Hall–Kier alpha value is -0.833. The third kappa shape index (κ3) is 1.16. The van der Waals surface area contributed by atoms with E-state index in [4.69, 9.17) is 5.73 Å². The number of pyridine rings is 1. The highest BCUT2D eigenvalue weighted by Gasteiger charge is 2.27. The molecule has 2 N–H and O–H groups in total. The van der Waals surface area contributed by atoms with E-state index in [-0.39, 0.29) is 0 Å². The Bertz CT molecular complexity index is 261. The molecule has 0 saturated heterocycles. The van der Waals surface area contributed by atoms with Crippen LogP contribution in [0.25, 0.3) is 0 Å². The van der Waals surface area contributed by atoms with Gasteiger partial charge in [-0.25, -0.2) is 4.98 Å². The molecule has 1 saturated carbocycles. The van der Waals surface area contributed by atoms with Gasteiger partial charge in [0, 0.05) is 6.20 Å². The number of aromatic nitrogens is 1. The zero-order valence-electron chi connectivity index (χ0n) is 6.17. The first-order valence-electron chi connectivity index (χ1n) is 3.75. The lowest BCUT2D eigenvalue weighted by atomic mass is 10.2. The molecule has 1 aromatic heterocycles. The van der Waals surface area contributed by atoms with Gasteiger partial charge < -0.3 is 5.73 Å². The predicted octanol–water partition coefficient (Wildman–Crippen LogP) is 0.335. The van der Waals surface area contributed by atoms with Crippen molar-refractivity contribution in [3.63, 3.8) is 0 Å². The molecule has 3 radical (unpaired) electrons. The van der Waals surface area contributed by atoms with Crippen LogP contribution in [0.2, 0.25) is 0 Å². The second kappa shape index (κ2) is 2.34. The standard InChI is InChI=1S/C8H9N2Si/c9-8-7(5-1-2-5)6(11)3-4-10-8/h3-5H,1-2H2,(H2,9,10). The lowest BCUT2D eigenvalue weighted by Crippen LogP contribution is -2.13. The van der Waals surface area contributed by atoms with Crippen LogP contribution in [0.1, 0.15) is 24.3 Å². The van der Waals surface area contributed by atoms with E-state index >= 15 is 0 Å². The highest BCUT2D eigenvalue weighted by atomic mass is 28.1. The highest BCUT2D eigenvalue weighted by Crippen LogP contribution is 2.40. The van der Waals surface area contributed by atoms with E-state index in [9.17, 15) is 0 Å². The Morgan fingerprint density at radius 1 is 1.55 bits per heavy atom. The number of nitrogens with two attached hydrogens (primary N) is 1. The zero-order chi connectivity index (χ0) is 7.84. The number of hydrogen-bond acceptors (Lipinski definition) is 2. The van der Waals surface area contributed by atoms with E-state index in [1.54, 1.807) is 6.20 Å². The fourth-order valence-corrected chi connectivity index (χ4v) is 1.70. The summed E-state index contributed by atoms with van der Waals surface area (Å²) in [4.78, 5) is 4.05. The number of anilines is 1. The summed E-state index contributed by atoms with van der Waals surface area (Å²) < 4.78 is 0. The molecule has 0 bridgehead atoms. The van der Waals surface area contributed by atoms with Gasteiger partial charge in [0.2, 0.25) is 0 Å². The first kappa shape index (κ1) is 6.85. The van der Waals surface area contributed by atoms with E-state index in [0.29, 0.717) is 11.7 Å². The average Bonchev–Trinajstić information content (AvgIpc) is 2.70. The van der Waals surface area contributed by atoms with Gasteiger partial charge in [-0.3, -0.25) is 0 Å². The SMILES string of the molecule is Nc1nccc([Si])c1C1CC1. The molecule has 1 aromatic rings. The van der Waals surface area contributed by atoms with Gasteiger partial charge in [0.25, 0.3) is 0 Å². The highest BCUT2D eigenvalue weighted by molar-refractivity contribution is 6.33. The van der Waals surface area contributed by atoms with Crippen molar-refractivity contribution in [2.75, 3.05) is 5.73 Å². The number of hydrogen-bond donors (Lipinski definition) is 1. The lowest BCUT2D eigenvalue weighted by molar-refractivity contribution is 1.12. The van der Waals surface area contributed by atoms with Gasteiger partial charge in [-0.15, -0.1) is 0 Å². The maximum absolute atomic E-state index is 5.72. The summed E-state index contributed by atoms with van der Waals surface area (Å²) in [6, 6.07) is 1.95. The summed E-state index contributed by atoms with van der Waals surface area (Å²) in [6.07, 6.45) is 4.24. The Morgan fingerprint density at radius 2 is 2.27 bits per heavy atom. The van der Waals surface area contributed by atoms with Gasteiger partial charge in [0.15, 0.2) is 0 Å². The number of nitrogen functional groups attached to an aromatic ring is 1. The van der Waals surface area contributed by atoms with Crippen LogP contribution in [0, 0.1) is 0 Å². The molecule has 11 heavy (non-hydrogen) atoms. The quantitative estimate of drug-likeness (QED) is 0.603. The van der Waals surface area contributed by atoms with Crippen molar-refractivity contribution < 1.29 is 0 Å². The van der Waals surface area contributed by atoms with Gasteiger partial charge in [0.1, 0.15) is 5.82 Å². The Balaban J connectivity index is 2.48. The van der Waals surface area contributed by atoms with E-state index < -0.39 is 0 Å². The molecular weight excluding hydrogens is 152 g/mol. The Labute approximate surface area is 69.3 Å². The summed E-state index contributed by atoms with van der Waals surface area (Å²) in [5, 5.41) is 1.10.